The molecule has 0 aromatic heterocycles. The van der Waals surface area contributed by atoms with Crippen molar-refractivity contribution in [1.29, 1.82) is 0 Å². The van der Waals surface area contributed by atoms with Gasteiger partial charge in [-0.2, -0.15) is 0 Å². The fourth-order valence-electron chi connectivity index (χ4n) is 2.84. The molecule has 1 atom stereocenters. The molecule has 2 rings (SSSR count). The maximum atomic E-state index is 6.17. The minimum Gasteiger partial charge on any atom is -0.493 e. The fourth-order valence-corrected chi connectivity index (χ4v) is 2.95. The first-order valence-corrected chi connectivity index (χ1v) is 9.66. The maximum absolute atomic E-state index is 6.17. The standard InChI is InChI=1S/C21H29ClO2/c1-3-5-9-17(4-2)16-24-21-13-12-20(23-15-8-14-22)18-10-6-7-11-19(18)21/h6-7,10-13,17H,3-5,8-9,14-16H2,1-2H3. The summed E-state index contributed by atoms with van der Waals surface area (Å²) in [6.45, 7) is 5.91. The zero-order valence-electron chi connectivity index (χ0n) is 14.9. The molecule has 0 aliphatic heterocycles. The van der Waals surface area contributed by atoms with Crippen LogP contribution in [-0.4, -0.2) is 19.1 Å². The SMILES string of the molecule is CCCCC(CC)COc1ccc(OCCCCl)c2ccccc12. The molecule has 2 aromatic carbocycles. The number of halogens is 1. The molecule has 0 fully saturated rings. The molecule has 0 saturated carbocycles. The summed E-state index contributed by atoms with van der Waals surface area (Å²) in [6, 6.07) is 12.3. The highest BCUT2D eigenvalue weighted by molar-refractivity contribution is 6.17. The summed E-state index contributed by atoms with van der Waals surface area (Å²) < 4.78 is 12.0. The van der Waals surface area contributed by atoms with Crippen molar-refractivity contribution in [2.75, 3.05) is 19.1 Å². The van der Waals surface area contributed by atoms with Gasteiger partial charge in [-0.3, -0.25) is 0 Å². The van der Waals surface area contributed by atoms with Crippen LogP contribution in [0.5, 0.6) is 11.5 Å². The highest BCUT2D eigenvalue weighted by Gasteiger charge is 2.11. The molecule has 0 spiro atoms. The van der Waals surface area contributed by atoms with E-state index in [4.69, 9.17) is 21.1 Å². The minimum atomic E-state index is 0.620. The molecule has 0 aliphatic carbocycles. The fraction of sp³-hybridized carbons (Fsp3) is 0.524. The van der Waals surface area contributed by atoms with Crippen molar-refractivity contribution in [3.05, 3.63) is 36.4 Å². The Hall–Kier alpha value is -1.41. The van der Waals surface area contributed by atoms with Gasteiger partial charge in [0.25, 0.3) is 0 Å². The van der Waals surface area contributed by atoms with E-state index in [9.17, 15) is 0 Å². The van der Waals surface area contributed by atoms with Crippen LogP contribution in [0, 0.1) is 5.92 Å². The molecule has 0 bridgehead atoms. The van der Waals surface area contributed by atoms with Crippen molar-refractivity contribution in [1.82, 2.24) is 0 Å². The summed E-state index contributed by atoms with van der Waals surface area (Å²) in [4.78, 5) is 0. The molecule has 0 aliphatic rings. The van der Waals surface area contributed by atoms with Gasteiger partial charge in [0.1, 0.15) is 11.5 Å². The summed E-state index contributed by atoms with van der Waals surface area (Å²) in [5, 5.41) is 2.22. The largest absolute Gasteiger partial charge is 0.493 e. The second-order valence-corrected chi connectivity index (χ2v) is 6.60. The normalized spacial score (nSPS) is 12.3. The molecule has 0 radical (unpaired) electrons. The van der Waals surface area contributed by atoms with Crippen molar-refractivity contribution < 1.29 is 9.47 Å². The molecule has 0 N–H and O–H groups in total. The number of fused-ring (bicyclic) bond motifs is 1. The van der Waals surface area contributed by atoms with Gasteiger partial charge in [0.2, 0.25) is 0 Å². The molecule has 0 saturated heterocycles. The highest BCUT2D eigenvalue weighted by Crippen LogP contribution is 2.33. The number of hydrogen-bond donors (Lipinski definition) is 0. The zero-order valence-corrected chi connectivity index (χ0v) is 15.6. The van der Waals surface area contributed by atoms with Crippen LogP contribution in [-0.2, 0) is 0 Å². The molecule has 132 valence electrons. The molecule has 2 nitrogen and oxygen atoms in total. The maximum Gasteiger partial charge on any atom is 0.127 e. The van der Waals surface area contributed by atoms with E-state index in [-0.39, 0.29) is 0 Å². The van der Waals surface area contributed by atoms with E-state index >= 15 is 0 Å². The molecule has 0 heterocycles. The van der Waals surface area contributed by atoms with Crippen LogP contribution >= 0.6 is 11.6 Å². The second kappa shape index (κ2) is 10.5. The van der Waals surface area contributed by atoms with Crippen molar-refractivity contribution in [3.63, 3.8) is 0 Å². The lowest BCUT2D eigenvalue weighted by Crippen LogP contribution is -2.11. The summed E-state index contributed by atoms with van der Waals surface area (Å²) in [5.74, 6) is 3.10. The molecule has 2 aromatic rings. The number of hydrogen-bond acceptors (Lipinski definition) is 2. The highest BCUT2D eigenvalue weighted by atomic mass is 35.5. The Labute approximate surface area is 151 Å². The van der Waals surface area contributed by atoms with Gasteiger partial charge < -0.3 is 9.47 Å². The molecule has 0 amide bonds. The van der Waals surface area contributed by atoms with Crippen molar-refractivity contribution in [2.45, 2.75) is 46.0 Å². The monoisotopic (exact) mass is 348 g/mol. The number of alkyl halides is 1. The van der Waals surface area contributed by atoms with Crippen LogP contribution in [0.25, 0.3) is 10.8 Å². The summed E-state index contributed by atoms with van der Waals surface area (Å²) in [5.41, 5.74) is 0. The van der Waals surface area contributed by atoms with Crippen LogP contribution in [0.1, 0.15) is 46.0 Å². The predicted molar refractivity (Wildman–Crippen MR) is 104 cm³/mol. The second-order valence-electron chi connectivity index (χ2n) is 6.23. The third-order valence-corrected chi connectivity index (χ3v) is 4.66. The van der Waals surface area contributed by atoms with Crippen molar-refractivity contribution >= 4 is 22.4 Å². The van der Waals surface area contributed by atoms with Crippen LogP contribution in [0.4, 0.5) is 0 Å². The van der Waals surface area contributed by atoms with Crippen LogP contribution in [0.3, 0.4) is 0 Å². The number of unbranched alkanes of at least 4 members (excludes halogenated alkanes) is 1. The van der Waals surface area contributed by atoms with Crippen LogP contribution in [0.15, 0.2) is 36.4 Å². The van der Waals surface area contributed by atoms with Crippen molar-refractivity contribution in [3.8, 4) is 11.5 Å². The molecule has 1 unspecified atom stereocenters. The Bertz CT molecular complexity index is 612. The van der Waals surface area contributed by atoms with E-state index in [0.717, 1.165) is 41.7 Å². The van der Waals surface area contributed by atoms with Gasteiger partial charge in [-0.05, 0) is 30.9 Å². The average Bonchev–Trinajstić information content (AvgIpc) is 2.63. The lowest BCUT2D eigenvalue weighted by Gasteiger charge is -2.18. The molecule has 3 heteroatoms. The topological polar surface area (TPSA) is 18.5 Å². The van der Waals surface area contributed by atoms with E-state index < -0.39 is 0 Å². The van der Waals surface area contributed by atoms with E-state index in [1.54, 1.807) is 0 Å². The first kappa shape index (κ1) is 18.9. The number of benzene rings is 2. The third-order valence-electron chi connectivity index (χ3n) is 4.40. The Balaban J connectivity index is 2.12. The van der Waals surface area contributed by atoms with E-state index in [1.807, 2.05) is 24.3 Å². The van der Waals surface area contributed by atoms with Gasteiger partial charge in [0.05, 0.1) is 13.2 Å². The van der Waals surface area contributed by atoms with Gasteiger partial charge in [0.15, 0.2) is 0 Å². The summed E-state index contributed by atoms with van der Waals surface area (Å²) in [6.07, 6.45) is 5.77. The predicted octanol–water partition coefficient (Wildman–Crippen LogP) is 6.44. The molecular formula is C21H29ClO2. The van der Waals surface area contributed by atoms with E-state index in [0.29, 0.717) is 18.4 Å². The lowest BCUT2D eigenvalue weighted by molar-refractivity contribution is 0.235. The Kier molecular flexibility index (Phi) is 8.24. The number of ether oxygens (including phenoxy) is 2. The summed E-state index contributed by atoms with van der Waals surface area (Å²) in [7, 11) is 0. The summed E-state index contributed by atoms with van der Waals surface area (Å²) >= 11 is 5.73. The van der Waals surface area contributed by atoms with Gasteiger partial charge in [-0.25, -0.2) is 0 Å². The third kappa shape index (κ3) is 5.31. The van der Waals surface area contributed by atoms with E-state index in [2.05, 4.69) is 26.0 Å². The smallest absolute Gasteiger partial charge is 0.127 e. The van der Waals surface area contributed by atoms with Crippen LogP contribution < -0.4 is 9.47 Å². The van der Waals surface area contributed by atoms with Gasteiger partial charge >= 0.3 is 0 Å². The van der Waals surface area contributed by atoms with Crippen molar-refractivity contribution in [2.24, 2.45) is 5.92 Å². The first-order valence-electron chi connectivity index (χ1n) is 9.13. The van der Waals surface area contributed by atoms with Gasteiger partial charge in [-0.15, -0.1) is 11.6 Å². The average molecular weight is 349 g/mol. The Morgan fingerprint density at radius 2 is 1.58 bits per heavy atom. The quantitative estimate of drug-likeness (QED) is 0.343. The lowest BCUT2D eigenvalue weighted by atomic mass is 10.0. The Morgan fingerprint density at radius 3 is 2.17 bits per heavy atom. The van der Waals surface area contributed by atoms with Crippen LogP contribution in [0.2, 0.25) is 0 Å². The minimum absolute atomic E-state index is 0.620. The molecule has 24 heavy (non-hydrogen) atoms. The van der Waals surface area contributed by atoms with Gasteiger partial charge in [-0.1, -0.05) is 57.4 Å². The Morgan fingerprint density at radius 1 is 0.917 bits per heavy atom. The van der Waals surface area contributed by atoms with E-state index in [1.165, 1.54) is 19.3 Å². The molecular weight excluding hydrogens is 320 g/mol. The van der Waals surface area contributed by atoms with Gasteiger partial charge in [0, 0.05) is 16.7 Å². The number of rotatable bonds is 11. The first-order chi connectivity index (χ1) is 11.8. The zero-order chi connectivity index (χ0) is 17.2.